The Morgan fingerprint density at radius 1 is 1.82 bits per heavy atom. The van der Waals surface area contributed by atoms with Gasteiger partial charge in [-0.1, -0.05) is 4.68 Å². The molecule has 0 unspecified atom stereocenters. The van der Waals surface area contributed by atoms with E-state index in [-0.39, 0.29) is 6.03 Å². The van der Waals surface area contributed by atoms with Gasteiger partial charge in [0, 0.05) is 7.05 Å². The van der Waals surface area contributed by atoms with Crippen LogP contribution in [0.1, 0.15) is 0 Å². The van der Waals surface area contributed by atoms with Gasteiger partial charge < -0.3 is 5.32 Å². The topological polar surface area (TPSA) is 71.0 Å². The predicted octanol–water partition coefficient (Wildman–Crippen LogP) is -0.750. The summed E-state index contributed by atoms with van der Waals surface area (Å²) in [6.07, 6.45) is 1.55. The van der Waals surface area contributed by atoms with Crippen LogP contribution in [-0.2, 0) is 7.05 Å². The lowest BCUT2D eigenvalue weighted by molar-refractivity contribution is -0.739. The molecule has 0 aromatic carbocycles. The molecule has 0 radical (unpaired) electrons. The summed E-state index contributed by atoms with van der Waals surface area (Å²) in [7, 11) is 3.21. The number of carbonyl (C=O) groups excluding carboxylic acids is 1. The smallest absolute Gasteiger partial charge is 0.321 e. The molecule has 6 nitrogen and oxygen atoms in total. The molecule has 11 heavy (non-hydrogen) atoms. The summed E-state index contributed by atoms with van der Waals surface area (Å²) < 4.78 is 6.13. The molecule has 0 aliphatic rings. The van der Waals surface area contributed by atoms with Crippen molar-refractivity contribution in [1.29, 1.82) is 0 Å². The molecule has 6 heteroatoms. The largest absolute Gasteiger partial charge is 0.341 e. The normalized spacial score (nSPS) is 9.27. The van der Waals surface area contributed by atoms with Crippen LogP contribution < -0.4 is 15.3 Å². The molecular formula is C5H9N4O2+. The van der Waals surface area contributed by atoms with Crippen molar-refractivity contribution in [2.75, 3.05) is 12.4 Å². The van der Waals surface area contributed by atoms with E-state index in [4.69, 9.17) is 0 Å². The summed E-state index contributed by atoms with van der Waals surface area (Å²) in [6.45, 7) is 0. The lowest BCUT2D eigenvalue weighted by Crippen LogP contribution is -2.28. The Balaban J connectivity index is 2.57. The monoisotopic (exact) mass is 157 g/mol. The highest BCUT2D eigenvalue weighted by molar-refractivity contribution is 5.87. The fourth-order valence-corrected chi connectivity index (χ4v) is 0.555. The molecule has 0 spiro atoms. The van der Waals surface area contributed by atoms with Crippen LogP contribution in [0.2, 0.25) is 0 Å². The number of hydrogen-bond acceptors (Lipinski definition) is 3. The van der Waals surface area contributed by atoms with Crippen LogP contribution in [0.5, 0.6) is 0 Å². The molecule has 0 aliphatic heterocycles. The molecular weight excluding hydrogens is 148 g/mol. The lowest BCUT2D eigenvalue weighted by atomic mass is 10.7. The maximum atomic E-state index is 10.7. The third-order valence-electron chi connectivity index (χ3n) is 1.04. The number of aryl methyl sites for hydroxylation is 1. The first-order valence-electron chi connectivity index (χ1n) is 3.03. The SMILES string of the molecule is CNC(=O)Nc1c[n+](C)no1. The van der Waals surface area contributed by atoms with Gasteiger partial charge in [-0.05, 0) is 0 Å². The van der Waals surface area contributed by atoms with Crippen molar-refractivity contribution in [3.63, 3.8) is 0 Å². The predicted molar refractivity (Wildman–Crippen MR) is 35.8 cm³/mol. The number of rotatable bonds is 1. The maximum absolute atomic E-state index is 10.7. The van der Waals surface area contributed by atoms with Crippen LogP contribution in [0.3, 0.4) is 0 Å². The molecule has 0 fully saturated rings. The molecule has 1 aromatic rings. The average Bonchev–Trinajstić information content (AvgIpc) is 2.35. The van der Waals surface area contributed by atoms with Crippen molar-refractivity contribution in [1.82, 2.24) is 10.6 Å². The van der Waals surface area contributed by atoms with Crippen molar-refractivity contribution in [2.45, 2.75) is 0 Å². The number of hydrogen-bond donors (Lipinski definition) is 2. The lowest BCUT2D eigenvalue weighted by Gasteiger charge is -1.94. The number of carbonyl (C=O) groups is 1. The van der Waals surface area contributed by atoms with Crippen LogP contribution in [0, 0.1) is 0 Å². The minimum absolute atomic E-state index is 0.312. The number of anilines is 1. The molecule has 0 bridgehead atoms. The van der Waals surface area contributed by atoms with E-state index in [1.807, 2.05) is 0 Å². The van der Waals surface area contributed by atoms with Gasteiger partial charge in [-0.3, -0.25) is 9.84 Å². The van der Waals surface area contributed by atoms with Gasteiger partial charge in [0.15, 0.2) is 12.3 Å². The number of amides is 2. The summed E-state index contributed by atoms with van der Waals surface area (Å²) in [4.78, 5) is 10.7. The molecule has 2 amide bonds. The summed E-state index contributed by atoms with van der Waals surface area (Å²) in [5.74, 6) is 0.312. The Hall–Kier alpha value is -1.59. The molecule has 2 N–H and O–H groups in total. The molecule has 1 heterocycles. The summed E-state index contributed by atoms with van der Waals surface area (Å²) in [6, 6.07) is -0.332. The first-order chi connectivity index (χ1) is 5.22. The zero-order valence-corrected chi connectivity index (χ0v) is 6.29. The highest BCUT2D eigenvalue weighted by Gasteiger charge is 2.08. The van der Waals surface area contributed by atoms with Gasteiger partial charge in [-0.15, -0.1) is 0 Å². The third-order valence-corrected chi connectivity index (χ3v) is 1.04. The Bertz CT molecular complexity index is 257. The molecule has 0 atom stereocenters. The van der Waals surface area contributed by atoms with E-state index in [0.29, 0.717) is 5.88 Å². The highest BCUT2D eigenvalue weighted by Crippen LogP contribution is 1.97. The second kappa shape index (κ2) is 3.00. The standard InChI is InChI=1S/C5H8N4O2/c1-6-5(10)7-4-3-9(2)8-11-4/h3H,1-2H3,(H-,6,7,8,10)/p+1. The zero-order valence-electron chi connectivity index (χ0n) is 6.29. The van der Waals surface area contributed by atoms with E-state index in [9.17, 15) is 4.79 Å². The highest BCUT2D eigenvalue weighted by atomic mass is 16.5. The van der Waals surface area contributed by atoms with E-state index in [0.717, 1.165) is 0 Å². The van der Waals surface area contributed by atoms with Crippen LogP contribution >= 0.6 is 0 Å². The number of aromatic nitrogens is 2. The minimum Gasteiger partial charge on any atom is -0.341 e. The van der Waals surface area contributed by atoms with Crippen LogP contribution in [0.15, 0.2) is 10.7 Å². The Kier molecular flexibility index (Phi) is 2.05. The van der Waals surface area contributed by atoms with Crippen molar-refractivity contribution in [3.05, 3.63) is 6.20 Å². The molecule has 0 aliphatic carbocycles. The van der Waals surface area contributed by atoms with Gasteiger partial charge in [0.1, 0.15) is 0 Å². The summed E-state index contributed by atoms with van der Waals surface area (Å²) in [5, 5.41) is 8.29. The van der Waals surface area contributed by atoms with Gasteiger partial charge in [0.05, 0.1) is 0 Å². The molecule has 1 rings (SSSR count). The quantitative estimate of drug-likeness (QED) is 0.527. The Morgan fingerprint density at radius 2 is 2.55 bits per heavy atom. The maximum Gasteiger partial charge on any atom is 0.321 e. The van der Waals surface area contributed by atoms with Crippen molar-refractivity contribution in [3.8, 4) is 0 Å². The number of urea groups is 1. The first kappa shape index (κ1) is 7.52. The van der Waals surface area contributed by atoms with Crippen molar-refractivity contribution >= 4 is 11.9 Å². The molecule has 60 valence electrons. The van der Waals surface area contributed by atoms with Gasteiger partial charge >= 0.3 is 11.9 Å². The van der Waals surface area contributed by atoms with Gasteiger partial charge in [0.2, 0.25) is 0 Å². The molecule has 1 aromatic heterocycles. The first-order valence-corrected chi connectivity index (χ1v) is 3.03. The summed E-state index contributed by atoms with van der Waals surface area (Å²) in [5.41, 5.74) is 0. The molecule has 0 saturated heterocycles. The van der Waals surface area contributed by atoms with E-state index >= 15 is 0 Å². The Labute approximate surface area is 63.2 Å². The van der Waals surface area contributed by atoms with Gasteiger partial charge in [0.25, 0.3) is 6.20 Å². The zero-order chi connectivity index (χ0) is 8.27. The van der Waals surface area contributed by atoms with Crippen LogP contribution in [0.4, 0.5) is 10.7 Å². The van der Waals surface area contributed by atoms with Crippen molar-refractivity contribution < 1.29 is 14.0 Å². The minimum atomic E-state index is -0.332. The van der Waals surface area contributed by atoms with E-state index < -0.39 is 0 Å². The number of nitrogens with zero attached hydrogens (tertiary/aromatic N) is 2. The second-order valence-electron chi connectivity index (χ2n) is 1.94. The van der Waals surface area contributed by atoms with E-state index in [1.54, 1.807) is 13.2 Å². The fourth-order valence-electron chi connectivity index (χ4n) is 0.555. The van der Waals surface area contributed by atoms with Gasteiger partial charge in [-0.2, -0.15) is 0 Å². The van der Waals surface area contributed by atoms with Crippen molar-refractivity contribution in [2.24, 2.45) is 7.05 Å². The fraction of sp³-hybridized carbons (Fsp3) is 0.400. The van der Waals surface area contributed by atoms with E-state index in [1.165, 1.54) is 11.7 Å². The van der Waals surface area contributed by atoms with Crippen LogP contribution in [0.25, 0.3) is 0 Å². The third kappa shape index (κ3) is 1.92. The number of nitrogens with one attached hydrogen (secondary N) is 2. The average molecular weight is 157 g/mol. The molecule has 0 saturated carbocycles. The second-order valence-corrected chi connectivity index (χ2v) is 1.94. The Morgan fingerprint density at radius 3 is 3.00 bits per heavy atom. The van der Waals surface area contributed by atoms with Crippen LogP contribution in [-0.4, -0.2) is 18.4 Å². The van der Waals surface area contributed by atoms with Gasteiger partial charge in [-0.25, -0.2) is 4.79 Å². The summed E-state index contributed by atoms with van der Waals surface area (Å²) >= 11 is 0. The van der Waals surface area contributed by atoms with E-state index in [2.05, 4.69) is 20.4 Å².